The maximum absolute atomic E-state index is 15.4. The highest BCUT2D eigenvalue weighted by molar-refractivity contribution is 5.84. The molecule has 8 nitrogen and oxygen atoms in total. The molecule has 1 aliphatic rings. The lowest BCUT2D eigenvalue weighted by Gasteiger charge is -2.29. The molecule has 1 saturated heterocycles. The largest absolute Gasteiger partial charge is 0.446 e. The minimum Gasteiger partial charge on any atom is -0.446 e. The van der Waals surface area contributed by atoms with Gasteiger partial charge in [-0.3, -0.25) is 0 Å². The fourth-order valence-electron chi connectivity index (χ4n) is 4.69. The third-order valence-corrected chi connectivity index (χ3v) is 6.35. The van der Waals surface area contributed by atoms with E-state index in [4.69, 9.17) is 11.3 Å². The molecule has 1 fully saturated rings. The summed E-state index contributed by atoms with van der Waals surface area (Å²) in [5.41, 5.74) is 3.77. The van der Waals surface area contributed by atoms with Gasteiger partial charge >= 0.3 is 0 Å². The first-order valence-electron chi connectivity index (χ1n) is 12.0. The van der Waals surface area contributed by atoms with Crippen LogP contribution in [0.1, 0.15) is 25.6 Å². The van der Waals surface area contributed by atoms with Gasteiger partial charge in [0.15, 0.2) is 11.6 Å². The van der Waals surface area contributed by atoms with Crippen molar-refractivity contribution in [2.45, 2.75) is 26.8 Å². The van der Waals surface area contributed by atoms with Crippen LogP contribution in [0.5, 0.6) is 11.6 Å². The molecule has 0 saturated carbocycles. The van der Waals surface area contributed by atoms with E-state index in [9.17, 15) is 0 Å². The topological polar surface area (TPSA) is 71.6 Å². The van der Waals surface area contributed by atoms with Gasteiger partial charge in [-0.2, -0.15) is 0 Å². The smallest absolute Gasteiger partial charge is 0.288 e. The predicted molar refractivity (Wildman–Crippen MR) is 140 cm³/mol. The van der Waals surface area contributed by atoms with Gasteiger partial charge in [-0.05, 0) is 63.2 Å². The number of benzene rings is 2. The first kappa shape index (κ1) is 23.6. The van der Waals surface area contributed by atoms with E-state index in [0.717, 1.165) is 48.8 Å². The number of piperazine rings is 1. The molecule has 0 spiro atoms. The van der Waals surface area contributed by atoms with E-state index in [1.54, 1.807) is 6.07 Å². The van der Waals surface area contributed by atoms with E-state index in [2.05, 4.69) is 48.8 Å². The summed E-state index contributed by atoms with van der Waals surface area (Å²) >= 11 is 0. The van der Waals surface area contributed by atoms with Crippen molar-refractivity contribution < 1.29 is 9.13 Å². The quantitative estimate of drug-likeness (QED) is 0.329. The van der Waals surface area contributed by atoms with E-state index < -0.39 is 5.82 Å². The van der Waals surface area contributed by atoms with Crippen molar-refractivity contribution in [3.8, 4) is 11.6 Å². The first-order chi connectivity index (χ1) is 17.5. The molecule has 184 valence electrons. The van der Waals surface area contributed by atoms with Crippen molar-refractivity contribution in [3.05, 3.63) is 71.7 Å². The molecule has 1 aliphatic heterocycles. The molecule has 0 radical (unpaired) electrons. The number of fused-ring (bicyclic) bond motifs is 1. The fourth-order valence-corrected chi connectivity index (χ4v) is 4.69. The Kier molecular flexibility index (Phi) is 6.44. The first-order valence-corrected chi connectivity index (χ1v) is 12.0. The Hall–Kier alpha value is -4.16. The van der Waals surface area contributed by atoms with Crippen LogP contribution in [0, 0.1) is 19.3 Å². The summed E-state index contributed by atoms with van der Waals surface area (Å²) in [5.74, 6) is -0.174. The second-order valence-corrected chi connectivity index (χ2v) is 9.06. The molecule has 0 aliphatic carbocycles. The van der Waals surface area contributed by atoms with Crippen LogP contribution in [0.4, 0.5) is 27.3 Å². The van der Waals surface area contributed by atoms with Crippen LogP contribution < -0.4 is 20.3 Å². The van der Waals surface area contributed by atoms with E-state index in [1.165, 1.54) is 6.33 Å². The third-order valence-electron chi connectivity index (χ3n) is 6.35. The third kappa shape index (κ3) is 4.43. The number of nitrogens with one attached hydrogen (secondary N) is 2. The van der Waals surface area contributed by atoms with Gasteiger partial charge in [0.1, 0.15) is 12.1 Å². The number of hydrogen-bond acceptors (Lipinski definition) is 6. The zero-order valence-corrected chi connectivity index (χ0v) is 20.5. The van der Waals surface area contributed by atoms with Gasteiger partial charge in [0.25, 0.3) is 5.69 Å². The standard InChI is InChI=1S/C27H28FN7O/c1-17(2)35-18(3)15-21-22(35)9-10-23(24(21)28)36-27-25(29-4)26(31-16-32-27)33-19-5-7-20(8-6-19)34-13-11-30-12-14-34/h5-10,15-17,30H,11-14H2,1-3H3,(H,31,32,33). The minimum absolute atomic E-state index is 0.00167. The average Bonchev–Trinajstić information content (AvgIpc) is 3.24. The Bertz CT molecular complexity index is 1430. The molecule has 3 heterocycles. The number of halogens is 1. The Morgan fingerprint density at radius 2 is 1.86 bits per heavy atom. The minimum atomic E-state index is -0.484. The normalized spacial score (nSPS) is 13.7. The zero-order valence-electron chi connectivity index (χ0n) is 20.5. The molecular weight excluding hydrogens is 457 g/mol. The molecule has 0 amide bonds. The SMILES string of the molecule is [C-]#[N+]c1c(Nc2ccc(N3CCNCC3)cc2)ncnc1Oc1ccc2c(cc(C)n2C(C)C)c1F. The number of hydrogen-bond donors (Lipinski definition) is 2. The van der Waals surface area contributed by atoms with Gasteiger partial charge in [-0.25, -0.2) is 19.2 Å². The molecule has 2 N–H and O–H groups in total. The maximum atomic E-state index is 15.4. The second-order valence-electron chi connectivity index (χ2n) is 9.06. The molecule has 9 heteroatoms. The van der Waals surface area contributed by atoms with Crippen molar-refractivity contribution in [1.82, 2.24) is 19.9 Å². The summed E-state index contributed by atoms with van der Waals surface area (Å²) in [6.45, 7) is 17.6. The molecule has 0 bridgehead atoms. The molecule has 36 heavy (non-hydrogen) atoms. The number of rotatable bonds is 6. The van der Waals surface area contributed by atoms with Gasteiger partial charge in [0.05, 0.1) is 12.1 Å². The summed E-state index contributed by atoms with van der Waals surface area (Å²) in [6.07, 6.45) is 1.30. The number of anilines is 3. The molecule has 4 aromatic rings. The van der Waals surface area contributed by atoms with Crippen molar-refractivity contribution >= 4 is 33.8 Å². The molecule has 0 unspecified atom stereocenters. The summed E-state index contributed by atoms with van der Waals surface area (Å²) in [4.78, 5) is 14.3. The van der Waals surface area contributed by atoms with E-state index in [-0.39, 0.29) is 23.4 Å². The van der Waals surface area contributed by atoms with Crippen molar-refractivity contribution in [1.29, 1.82) is 0 Å². The maximum Gasteiger partial charge on any atom is 0.288 e. The summed E-state index contributed by atoms with van der Waals surface area (Å²) < 4.78 is 23.3. The Morgan fingerprint density at radius 1 is 1.11 bits per heavy atom. The molecule has 2 aromatic carbocycles. The predicted octanol–water partition coefficient (Wildman–Crippen LogP) is 5.96. The van der Waals surface area contributed by atoms with Gasteiger partial charge < -0.3 is 24.8 Å². The van der Waals surface area contributed by atoms with Crippen LogP contribution in [0.25, 0.3) is 15.7 Å². The molecule has 5 rings (SSSR count). The van der Waals surface area contributed by atoms with Crippen LogP contribution in [0.3, 0.4) is 0 Å². The van der Waals surface area contributed by atoms with Crippen molar-refractivity contribution in [2.75, 3.05) is 36.4 Å². The molecule has 0 atom stereocenters. The van der Waals surface area contributed by atoms with E-state index in [1.807, 2.05) is 43.3 Å². The Labute approximate surface area is 209 Å². The van der Waals surface area contributed by atoms with Crippen molar-refractivity contribution in [2.24, 2.45) is 0 Å². The second kappa shape index (κ2) is 9.84. The summed E-state index contributed by atoms with van der Waals surface area (Å²) in [5, 5.41) is 7.00. The lowest BCUT2D eigenvalue weighted by molar-refractivity contribution is 0.432. The Morgan fingerprint density at radius 3 is 2.56 bits per heavy atom. The monoisotopic (exact) mass is 485 g/mol. The van der Waals surface area contributed by atoms with Crippen LogP contribution in [0.2, 0.25) is 0 Å². The van der Waals surface area contributed by atoms with E-state index in [0.29, 0.717) is 11.2 Å². The van der Waals surface area contributed by atoms with Gasteiger partial charge in [0, 0.05) is 54.7 Å². The number of aromatic nitrogens is 3. The van der Waals surface area contributed by atoms with Gasteiger partial charge in [0.2, 0.25) is 5.88 Å². The van der Waals surface area contributed by atoms with Crippen LogP contribution in [0.15, 0.2) is 48.8 Å². The average molecular weight is 486 g/mol. The fraction of sp³-hybridized carbons (Fsp3) is 0.296. The van der Waals surface area contributed by atoms with Crippen LogP contribution in [-0.4, -0.2) is 40.7 Å². The number of nitrogens with zero attached hydrogens (tertiary/aromatic N) is 5. The Balaban J connectivity index is 1.40. The highest BCUT2D eigenvalue weighted by Crippen LogP contribution is 2.39. The lowest BCUT2D eigenvalue weighted by atomic mass is 10.2. The number of aryl methyl sites for hydroxylation is 1. The van der Waals surface area contributed by atoms with Gasteiger partial charge in [-0.1, -0.05) is 0 Å². The summed E-state index contributed by atoms with van der Waals surface area (Å²) in [7, 11) is 0. The molecule has 2 aromatic heterocycles. The number of ether oxygens (including phenoxy) is 1. The zero-order chi connectivity index (χ0) is 25.2. The van der Waals surface area contributed by atoms with Gasteiger partial charge in [-0.15, -0.1) is 0 Å². The van der Waals surface area contributed by atoms with Crippen molar-refractivity contribution in [3.63, 3.8) is 0 Å². The lowest BCUT2D eigenvalue weighted by Crippen LogP contribution is -2.43. The highest BCUT2D eigenvalue weighted by atomic mass is 19.1. The van der Waals surface area contributed by atoms with Crippen LogP contribution in [-0.2, 0) is 0 Å². The highest BCUT2D eigenvalue weighted by Gasteiger charge is 2.20. The van der Waals surface area contributed by atoms with E-state index >= 15 is 4.39 Å². The molecular formula is C27H28FN7O. The summed E-state index contributed by atoms with van der Waals surface area (Å²) in [6, 6.07) is 13.4. The van der Waals surface area contributed by atoms with Crippen LogP contribution >= 0.6 is 0 Å².